The summed E-state index contributed by atoms with van der Waals surface area (Å²) in [5, 5.41) is 11.3. The van der Waals surface area contributed by atoms with Gasteiger partial charge in [-0.1, -0.05) is 18.5 Å². The summed E-state index contributed by atoms with van der Waals surface area (Å²) < 4.78 is 11.6. The second-order valence-electron chi connectivity index (χ2n) is 6.22. The van der Waals surface area contributed by atoms with E-state index in [4.69, 9.17) is 21.1 Å². The Morgan fingerprint density at radius 1 is 1.17 bits per heavy atom. The molecule has 2 aromatic carbocycles. The standard InChI is InChI=1S/C20H16ClN3O5/c1-2-14(22-12-5-8-15-16(9-12)29-10-28-15)17-18(25)23-20(27)24(19(17)26)13-6-3-11(21)4-7-13/h3-9,26H,2,10H2,1H3,(H,23,25,27). The molecule has 0 spiro atoms. The first-order chi connectivity index (χ1) is 14.0. The van der Waals surface area contributed by atoms with Crippen LogP contribution in [0.5, 0.6) is 17.4 Å². The van der Waals surface area contributed by atoms with E-state index in [-0.39, 0.29) is 12.4 Å². The van der Waals surface area contributed by atoms with Crippen LogP contribution in [0.1, 0.15) is 18.9 Å². The van der Waals surface area contributed by atoms with Crippen molar-refractivity contribution < 1.29 is 14.6 Å². The van der Waals surface area contributed by atoms with Gasteiger partial charge >= 0.3 is 5.69 Å². The van der Waals surface area contributed by atoms with E-state index in [1.165, 1.54) is 0 Å². The maximum Gasteiger partial charge on any atom is 0.335 e. The second kappa shape index (κ2) is 7.48. The average Bonchev–Trinajstić information content (AvgIpc) is 3.16. The van der Waals surface area contributed by atoms with Crippen molar-refractivity contribution in [2.45, 2.75) is 13.3 Å². The number of aromatic nitrogens is 2. The smallest absolute Gasteiger partial charge is 0.335 e. The molecular formula is C20H16ClN3O5. The number of benzene rings is 2. The molecule has 9 heteroatoms. The largest absolute Gasteiger partial charge is 0.493 e. The molecular weight excluding hydrogens is 398 g/mol. The molecule has 148 valence electrons. The second-order valence-corrected chi connectivity index (χ2v) is 6.66. The number of aromatic hydroxyl groups is 1. The lowest BCUT2D eigenvalue weighted by Crippen LogP contribution is -2.33. The zero-order valence-corrected chi connectivity index (χ0v) is 16.1. The molecule has 0 unspecified atom stereocenters. The van der Waals surface area contributed by atoms with Crippen LogP contribution in [0.15, 0.2) is 57.0 Å². The Morgan fingerprint density at radius 2 is 1.90 bits per heavy atom. The Morgan fingerprint density at radius 3 is 2.62 bits per heavy atom. The normalized spacial score (nSPS) is 13.0. The van der Waals surface area contributed by atoms with E-state index in [1.54, 1.807) is 49.4 Å². The van der Waals surface area contributed by atoms with Crippen LogP contribution in [-0.4, -0.2) is 27.2 Å². The van der Waals surface area contributed by atoms with Crippen molar-refractivity contribution in [3.8, 4) is 23.1 Å². The molecule has 2 N–H and O–H groups in total. The number of hydrogen-bond donors (Lipinski definition) is 2. The van der Waals surface area contributed by atoms with Crippen molar-refractivity contribution >= 4 is 23.0 Å². The Bertz CT molecular complexity index is 1230. The number of nitrogens with zero attached hydrogens (tertiary/aromatic N) is 2. The highest BCUT2D eigenvalue weighted by atomic mass is 35.5. The van der Waals surface area contributed by atoms with Gasteiger partial charge < -0.3 is 14.6 Å². The van der Waals surface area contributed by atoms with E-state index in [0.717, 1.165) is 4.57 Å². The summed E-state index contributed by atoms with van der Waals surface area (Å²) in [7, 11) is 0. The Kier molecular flexibility index (Phi) is 4.85. The molecule has 0 fully saturated rings. The van der Waals surface area contributed by atoms with E-state index >= 15 is 0 Å². The van der Waals surface area contributed by atoms with Gasteiger partial charge in [-0.2, -0.15) is 0 Å². The van der Waals surface area contributed by atoms with E-state index in [0.29, 0.717) is 40.0 Å². The SMILES string of the molecule is CCC(=Nc1ccc2c(c1)OCO2)c1c(O)n(-c2ccc(Cl)cc2)c(=O)[nH]c1=O. The van der Waals surface area contributed by atoms with Gasteiger partial charge in [0.05, 0.1) is 17.1 Å². The van der Waals surface area contributed by atoms with Gasteiger partial charge in [0.2, 0.25) is 12.7 Å². The molecule has 0 aliphatic carbocycles. The number of aromatic amines is 1. The lowest BCUT2D eigenvalue weighted by Gasteiger charge is -2.12. The molecule has 0 bridgehead atoms. The highest BCUT2D eigenvalue weighted by Crippen LogP contribution is 2.35. The van der Waals surface area contributed by atoms with Crippen LogP contribution in [0.3, 0.4) is 0 Å². The van der Waals surface area contributed by atoms with E-state index in [1.807, 2.05) is 0 Å². The van der Waals surface area contributed by atoms with Gasteiger partial charge in [0.1, 0.15) is 5.56 Å². The van der Waals surface area contributed by atoms with Crippen molar-refractivity contribution in [3.05, 3.63) is 73.9 Å². The quantitative estimate of drug-likeness (QED) is 0.639. The van der Waals surface area contributed by atoms with Crippen molar-refractivity contribution in [1.29, 1.82) is 0 Å². The number of halogens is 1. The zero-order valence-electron chi connectivity index (χ0n) is 15.3. The monoisotopic (exact) mass is 413 g/mol. The molecule has 0 atom stereocenters. The molecule has 0 saturated carbocycles. The highest BCUT2D eigenvalue weighted by molar-refractivity contribution is 6.30. The average molecular weight is 414 g/mol. The number of fused-ring (bicyclic) bond motifs is 1. The fourth-order valence-corrected chi connectivity index (χ4v) is 3.16. The summed E-state index contributed by atoms with van der Waals surface area (Å²) in [4.78, 5) is 31.6. The van der Waals surface area contributed by atoms with Crippen LogP contribution in [0.2, 0.25) is 5.02 Å². The first kappa shape index (κ1) is 18.8. The van der Waals surface area contributed by atoms with Crippen LogP contribution in [0, 0.1) is 0 Å². The van der Waals surface area contributed by atoms with Crippen LogP contribution >= 0.6 is 11.6 Å². The van der Waals surface area contributed by atoms with E-state index in [2.05, 4.69) is 9.98 Å². The molecule has 4 rings (SSSR count). The predicted octanol–water partition coefficient (Wildman–Crippen LogP) is 3.14. The topological polar surface area (TPSA) is 106 Å². The summed E-state index contributed by atoms with van der Waals surface area (Å²) in [6, 6.07) is 11.4. The molecule has 0 amide bonds. The minimum atomic E-state index is -0.767. The molecule has 0 saturated heterocycles. The van der Waals surface area contributed by atoms with Crippen molar-refractivity contribution in [3.63, 3.8) is 0 Å². The highest BCUT2D eigenvalue weighted by Gasteiger charge is 2.20. The maximum absolute atomic E-state index is 12.5. The summed E-state index contributed by atoms with van der Waals surface area (Å²) in [5.41, 5.74) is -0.386. The first-order valence-electron chi connectivity index (χ1n) is 8.79. The van der Waals surface area contributed by atoms with Crippen LogP contribution < -0.4 is 20.7 Å². The predicted molar refractivity (Wildman–Crippen MR) is 108 cm³/mol. The number of ether oxygens (including phenoxy) is 2. The van der Waals surface area contributed by atoms with Crippen molar-refractivity contribution in [2.24, 2.45) is 4.99 Å². The van der Waals surface area contributed by atoms with Crippen molar-refractivity contribution in [1.82, 2.24) is 9.55 Å². The Balaban J connectivity index is 1.86. The third-order valence-corrected chi connectivity index (χ3v) is 4.67. The molecule has 1 aromatic heterocycles. The third-order valence-electron chi connectivity index (χ3n) is 4.41. The number of nitrogens with one attached hydrogen (secondary N) is 1. The van der Waals surface area contributed by atoms with Gasteiger partial charge in [-0.25, -0.2) is 9.36 Å². The van der Waals surface area contributed by atoms with Gasteiger partial charge in [0.15, 0.2) is 11.5 Å². The number of aliphatic imine (C=N–C) groups is 1. The zero-order chi connectivity index (χ0) is 20.5. The van der Waals surface area contributed by atoms with Gasteiger partial charge in [0, 0.05) is 11.1 Å². The summed E-state index contributed by atoms with van der Waals surface area (Å²) in [6.07, 6.45) is 0.337. The van der Waals surface area contributed by atoms with E-state index < -0.39 is 17.1 Å². The van der Waals surface area contributed by atoms with Gasteiger partial charge in [-0.15, -0.1) is 0 Å². The molecule has 0 radical (unpaired) electrons. The fraction of sp³-hybridized carbons (Fsp3) is 0.150. The molecule has 29 heavy (non-hydrogen) atoms. The number of hydrogen-bond acceptors (Lipinski definition) is 6. The number of H-pyrrole nitrogens is 1. The third kappa shape index (κ3) is 3.50. The molecule has 1 aliphatic rings. The van der Waals surface area contributed by atoms with Gasteiger partial charge in [-0.3, -0.25) is 14.8 Å². The summed E-state index contributed by atoms with van der Waals surface area (Å²) in [6.45, 7) is 1.93. The van der Waals surface area contributed by atoms with Gasteiger partial charge in [-0.05, 0) is 42.8 Å². The lowest BCUT2D eigenvalue weighted by atomic mass is 10.1. The van der Waals surface area contributed by atoms with Crippen LogP contribution in [0.25, 0.3) is 5.69 Å². The fourth-order valence-electron chi connectivity index (χ4n) is 3.04. The van der Waals surface area contributed by atoms with Crippen LogP contribution in [0.4, 0.5) is 5.69 Å². The first-order valence-corrected chi connectivity index (χ1v) is 9.17. The molecule has 1 aliphatic heterocycles. The van der Waals surface area contributed by atoms with Gasteiger partial charge in [0.25, 0.3) is 5.56 Å². The number of rotatable bonds is 4. The molecule has 8 nitrogen and oxygen atoms in total. The summed E-state index contributed by atoms with van der Waals surface area (Å²) in [5.74, 6) is 0.660. The Labute approximate surface area is 169 Å². The lowest BCUT2D eigenvalue weighted by molar-refractivity contribution is 0.174. The summed E-state index contributed by atoms with van der Waals surface area (Å²) >= 11 is 5.89. The minimum Gasteiger partial charge on any atom is -0.493 e. The minimum absolute atomic E-state index is 0.0836. The maximum atomic E-state index is 12.5. The van der Waals surface area contributed by atoms with Crippen LogP contribution in [-0.2, 0) is 0 Å². The van der Waals surface area contributed by atoms with Crippen molar-refractivity contribution in [2.75, 3.05) is 6.79 Å². The van der Waals surface area contributed by atoms with E-state index in [9.17, 15) is 14.7 Å². The molecule has 2 heterocycles. The molecule has 3 aromatic rings. The Hall–Kier alpha value is -3.52.